The van der Waals surface area contributed by atoms with Crippen LogP contribution in [-0.2, 0) is 19.6 Å². The first-order valence-corrected chi connectivity index (χ1v) is 10.2. The van der Waals surface area contributed by atoms with Crippen molar-refractivity contribution in [2.24, 2.45) is 0 Å². The molecule has 1 saturated heterocycles. The lowest BCUT2D eigenvalue weighted by atomic mass is 10.1. The molecule has 1 aliphatic rings. The topological polar surface area (TPSA) is 93.1 Å². The van der Waals surface area contributed by atoms with Gasteiger partial charge in [-0.2, -0.15) is 4.31 Å². The standard InChI is InChI=1S/C19H25NO6S/c1-5-7-15(6-2)26-16-8-10-17(11-9-16)27(23,24)20-12-13(3)25-14(4)18(20)19(21)22/h8-11,13-15,18H,6,12H2,1-4H3,(H,21,22). The van der Waals surface area contributed by atoms with E-state index >= 15 is 0 Å². The summed E-state index contributed by atoms with van der Waals surface area (Å²) >= 11 is 0. The summed E-state index contributed by atoms with van der Waals surface area (Å²) in [4.78, 5) is 11.6. The van der Waals surface area contributed by atoms with E-state index < -0.39 is 34.2 Å². The Bertz CT molecular complexity index is 824. The van der Waals surface area contributed by atoms with Crippen molar-refractivity contribution < 1.29 is 27.8 Å². The van der Waals surface area contributed by atoms with Crippen LogP contribution in [0.2, 0.25) is 0 Å². The van der Waals surface area contributed by atoms with Gasteiger partial charge in [0.05, 0.1) is 17.1 Å². The molecule has 7 nitrogen and oxygen atoms in total. The molecule has 0 aromatic heterocycles. The largest absolute Gasteiger partial charge is 0.480 e. The molecule has 1 N–H and O–H groups in total. The van der Waals surface area contributed by atoms with Gasteiger partial charge in [0.25, 0.3) is 0 Å². The molecule has 1 aliphatic heterocycles. The normalized spacial score (nSPS) is 24.5. The number of ether oxygens (including phenoxy) is 2. The average molecular weight is 395 g/mol. The molecule has 0 aliphatic carbocycles. The monoisotopic (exact) mass is 395 g/mol. The first kappa shape index (κ1) is 21.2. The van der Waals surface area contributed by atoms with Gasteiger partial charge in [0, 0.05) is 6.54 Å². The van der Waals surface area contributed by atoms with Gasteiger partial charge >= 0.3 is 5.97 Å². The second-order valence-electron chi connectivity index (χ2n) is 6.39. The zero-order valence-corrected chi connectivity index (χ0v) is 16.7. The van der Waals surface area contributed by atoms with E-state index in [0.29, 0.717) is 12.2 Å². The van der Waals surface area contributed by atoms with Crippen LogP contribution in [0.4, 0.5) is 0 Å². The molecule has 1 heterocycles. The van der Waals surface area contributed by atoms with E-state index in [2.05, 4.69) is 11.8 Å². The van der Waals surface area contributed by atoms with Crippen LogP contribution in [0.1, 0.15) is 34.1 Å². The van der Waals surface area contributed by atoms with Crippen LogP contribution in [-0.4, -0.2) is 54.7 Å². The van der Waals surface area contributed by atoms with Crippen molar-refractivity contribution in [2.45, 2.75) is 63.4 Å². The number of aliphatic carboxylic acids is 1. The molecule has 4 unspecified atom stereocenters. The van der Waals surface area contributed by atoms with Gasteiger partial charge in [0.15, 0.2) is 6.10 Å². The fourth-order valence-corrected chi connectivity index (χ4v) is 4.74. The molecule has 1 fully saturated rings. The van der Waals surface area contributed by atoms with Crippen LogP contribution in [0, 0.1) is 11.8 Å². The third-order valence-corrected chi connectivity index (χ3v) is 6.14. The number of benzene rings is 1. The van der Waals surface area contributed by atoms with Gasteiger partial charge in [-0.15, -0.1) is 5.92 Å². The van der Waals surface area contributed by atoms with Crippen LogP contribution in [0.3, 0.4) is 0 Å². The summed E-state index contributed by atoms with van der Waals surface area (Å²) in [7, 11) is -3.99. The molecule has 0 saturated carbocycles. The first-order chi connectivity index (χ1) is 12.7. The third kappa shape index (κ3) is 4.80. The number of rotatable bonds is 6. The molecule has 0 spiro atoms. The molecule has 0 bridgehead atoms. The highest BCUT2D eigenvalue weighted by molar-refractivity contribution is 7.89. The molecule has 1 aromatic carbocycles. The molecule has 148 valence electrons. The highest BCUT2D eigenvalue weighted by atomic mass is 32.2. The fourth-order valence-electron chi connectivity index (χ4n) is 3.02. The highest BCUT2D eigenvalue weighted by Gasteiger charge is 2.44. The third-order valence-electron chi connectivity index (χ3n) is 4.28. The van der Waals surface area contributed by atoms with Gasteiger partial charge < -0.3 is 14.6 Å². The average Bonchev–Trinajstić information content (AvgIpc) is 2.60. The summed E-state index contributed by atoms with van der Waals surface area (Å²) in [6.45, 7) is 6.93. The Morgan fingerprint density at radius 3 is 2.52 bits per heavy atom. The van der Waals surface area contributed by atoms with Gasteiger partial charge in [-0.3, -0.25) is 4.79 Å². The summed E-state index contributed by atoms with van der Waals surface area (Å²) < 4.78 is 38.3. The van der Waals surface area contributed by atoms with E-state index in [4.69, 9.17) is 9.47 Å². The predicted octanol–water partition coefficient (Wildman–Crippen LogP) is 2.12. The summed E-state index contributed by atoms with van der Waals surface area (Å²) in [5.41, 5.74) is 0. The van der Waals surface area contributed by atoms with Crippen molar-refractivity contribution in [2.75, 3.05) is 6.54 Å². The Labute approximate surface area is 160 Å². The second-order valence-corrected chi connectivity index (χ2v) is 8.28. The van der Waals surface area contributed by atoms with Crippen molar-refractivity contribution in [1.82, 2.24) is 4.31 Å². The number of carboxylic acid groups (broad SMARTS) is 1. The van der Waals surface area contributed by atoms with E-state index in [1.807, 2.05) is 6.92 Å². The Hall–Kier alpha value is -2.08. The first-order valence-electron chi connectivity index (χ1n) is 8.79. The van der Waals surface area contributed by atoms with Crippen LogP contribution >= 0.6 is 0 Å². The lowest BCUT2D eigenvalue weighted by Crippen LogP contribution is -2.58. The molecular weight excluding hydrogens is 370 g/mol. The number of morpholine rings is 1. The van der Waals surface area contributed by atoms with Crippen molar-refractivity contribution >= 4 is 16.0 Å². The van der Waals surface area contributed by atoms with E-state index in [9.17, 15) is 18.3 Å². The zero-order chi connectivity index (χ0) is 20.2. The molecule has 0 radical (unpaired) electrons. The van der Waals surface area contributed by atoms with Crippen molar-refractivity contribution in [3.05, 3.63) is 24.3 Å². The lowest BCUT2D eigenvalue weighted by Gasteiger charge is -2.39. The summed E-state index contributed by atoms with van der Waals surface area (Å²) in [5, 5.41) is 9.48. The van der Waals surface area contributed by atoms with E-state index in [1.165, 1.54) is 12.1 Å². The summed E-state index contributed by atoms with van der Waals surface area (Å²) in [6, 6.07) is 4.67. The van der Waals surface area contributed by atoms with Crippen LogP contribution < -0.4 is 4.74 Å². The van der Waals surface area contributed by atoms with Gasteiger partial charge in [0.2, 0.25) is 10.0 Å². The maximum atomic E-state index is 13.0. The SMILES string of the molecule is CC#CC(CC)Oc1ccc(S(=O)(=O)N2CC(C)OC(C)C2C(=O)O)cc1. The van der Waals surface area contributed by atoms with Gasteiger partial charge in [-0.1, -0.05) is 12.8 Å². The number of hydrogen-bond donors (Lipinski definition) is 1. The van der Waals surface area contributed by atoms with Gasteiger partial charge in [0.1, 0.15) is 11.8 Å². The smallest absolute Gasteiger partial charge is 0.324 e. The predicted molar refractivity (Wildman–Crippen MR) is 99.9 cm³/mol. The second kappa shape index (κ2) is 8.74. The Morgan fingerprint density at radius 2 is 2.00 bits per heavy atom. The molecule has 27 heavy (non-hydrogen) atoms. The minimum atomic E-state index is -3.99. The fraction of sp³-hybridized carbons (Fsp3) is 0.526. The number of carboxylic acids is 1. The highest BCUT2D eigenvalue weighted by Crippen LogP contribution is 2.27. The van der Waals surface area contributed by atoms with Crippen molar-refractivity contribution in [3.63, 3.8) is 0 Å². The minimum Gasteiger partial charge on any atom is -0.480 e. The summed E-state index contributed by atoms with van der Waals surface area (Å²) in [5.74, 6) is 4.99. The maximum absolute atomic E-state index is 13.0. The molecular formula is C19H25NO6S. The van der Waals surface area contributed by atoms with E-state index in [0.717, 1.165) is 4.31 Å². The lowest BCUT2D eigenvalue weighted by molar-refractivity contribution is -0.155. The van der Waals surface area contributed by atoms with E-state index in [1.54, 1.807) is 32.9 Å². The quantitative estimate of drug-likeness (QED) is 0.742. The molecule has 1 aromatic rings. The molecule has 4 atom stereocenters. The van der Waals surface area contributed by atoms with Crippen LogP contribution in [0.15, 0.2) is 29.2 Å². The van der Waals surface area contributed by atoms with Gasteiger partial charge in [-0.05, 0) is 51.5 Å². The summed E-state index contributed by atoms with van der Waals surface area (Å²) in [6.07, 6.45) is -0.715. The molecule has 0 amide bonds. The van der Waals surface area contributed by atoms with Crippen LogP contribution in [0.5, 0.6) is 5.75 Å². The number of hydrogen-bond acceptors (Lipinski definition) is 5. The maximum Gasteiger partial charge on any atom is 0.324 e. The van der Waals surface area contributed by atoms with Crippen LogP contribution in [0.25, 0.3) is 0 Å². The van der Waals surface area contributed by atoms with Gasteiger partial charge in [-0.25, -0.2) is 8.42 Å². The van der Waals surface area contributed by atoms with Crippen molar-refractivity contribution in [3.8, 4) is 17.6 Å². The van der Waals surface area contributed by atoms with Crippen molar-refractivity contribution in [1.29, 1.82) is 0 Å². The number of sulfonamides is 1. The van der Waals surface area contributed by atoms with E-state index in [-0.39, 0.29) is 17.5 Å². The molecule has 8 heteroatoms. The minimum absolute atomic E-state index is 0.0111. The Morgan fingerprint density at radius 1 is 1.37 bits per heavy atom. The zero-order valence-electron chi connectivity index (χ0n) is 15.9. The molecule has 2 rings (SSSR count). The Balaban J connectivity index is 2.29. The number of carbonyl (C=O) groups is 1. The Kier molecular flexibility index (Phi) is 6.87. The number of nitrogens with zero attached hydrogens (tertiary/aromatic N) is 1.